The maximum Gasteiger partial charge on any atom is 0.223 e. The van der Waals surface area contributed by atoms with Crippen molar-refractivity contribution in [2.24, 2.45) is 11.7 Å². The van der Waals surface area contributed by atoms with Crippen molar-refractivity contribution in [1.29, 1.82) is 0 Å². The molecule has 2 heterocycles. The molecule has 1 aliphatic carbocycles. The molecule has 3 aliphatic rings. The van der Waals surface area contributed by atoms with Crippen LogP contribution in [0.1, 0.15) is 57.8 Å². The van der Waals surface area contributed by atoms with Gasteiger partial charge < -0.3 is 15.7 Å². The van der Waals surface area contributed by atoms with Crippen molar-refractivity contribution in [3.8, 4) is 0 Å². The Balaban J connectivity index is 1.56. The number of amides is 1. The molecule has 0 aromatic heterocycles. The highest BCUT2D eigenvalue weighted by molar-refractivity contribution is 5.77. The van der Waals surface area contributed by atoms with E-state index in [4.69, 9.17) is 5.73 Å². The zero-order valence-electron chi connectivity index (χ0n) is 11.6. The molecule has 3 fully saturated rings. The summed E-state index contributed by atoms with van der Waals surface area (Å²) in [7, 11) is 0. The summed E-state index contributed by atoms with van der Waals surface area (Å²) >= 11 is 0. The maximum atomic E-state index is 12.5. The summed E-state index contributed by atoms with van der Waals surface area (Å²) in [6, 6.07) is 0.979. The van der Waals surface area contributed by atoms with Gasteiger partial charge in [-0.05, 0) is 57.3 Å². The minimum absolute atomic E-state index is 0.186. The monoisotopic (exact) mass is 266 g/mol. The van der Waals surface area contributed by atoms with Crippen molar-refractivity contribution in [3.05, 3.63) is 0 Å². The van der Waals surface area contributed by atoms with Gasteiger partial charge in [-0.2, -0.15) is 0 Å². The number of carbonyl (C=O) groups excluding carboxylic acids is 1. The molecule has 2 bridgehead atoms. The van der Waals surface area contributed by atoms with E-state index >= 15 is 0 Å². The van der Waals surface area contributed by atoms with E-state index < -0.39 is 0 Å². The number of nitrogens with two attached hydrogens (primary N) is 1. The predicted octanol–water partition coefficient (Wildman–Crippen LogP) is 1.41. The third kappa shape index (κ3) is 2.79. The highest BCUT2D eigenvalue weighted by atomic mass is 16.3. The molecule has 2 unspecified atom stereocenters. The lowest BCUT2D eigenvalue weighted by Gasteiger charge is -2.38. The van der Waals surface area contributed by atoms with Gasteiger partial charge >= 0.3 is 0 Å². The summed E-state index contributed by atoms with van der Waals surface area (Å²) in [5, 5.41) is 9.79. The summed E-state index contributed by atoms with van der Waals surface area (Å²) in [4.78, 5) is 14.6. The predicted molar refractivity (Wildman–Crippen MR) is 73.4 cm³/mol. The van der Waals surface area contributed by atoms with Crippen molar-refractivity contribution in [2.75, 3.05) is 0 Å². The number of carbonyl (C=O) groups is 1. The fourth-order valence-electron chi connectivity index (χ4n) is 4.30. The summed E-state index contributed by atoms with van der Waals surface area (Å²) in [5.74, 6) is 0.874. The summed E-state index contributed by atoms with van der Waals surface area (Å²) in [6.07, 6.45) is 8.64. The smallest absolute Gasteiger partial charge is 0.223 e. The first kappa shape index (κ1) is 13.4. The average Bonchev–Trinajstić information content (AvgIpc) is 2.65. The zero-order chi connectivity index (χ0) is 13.4. The second-order valence-corrected chi connectivity index (χ2v) is 6.80. The van der Waals surface area contributed by atoms with E-state index in [0.29, 0.717) is 36.4 Å². The number of hydrogen-bond acceptors (Lipinski definition) is 3. The van der Waals surface area contributed by atoms with Crippen LogP contribution in [0, 0.1) is 5.92 Å². The average molecular weight is 266 g/mol. The summed E-state index contributed by atoms with van der Waals surface area (Å²) in [5.41, 5.74) is 5.92. The van der Waals surface area contributed by atoms with E-state index in [0.717, 1.165) is 51.4 Å². The Morgan fingerprint density at radius 2 is 1.63 bits per heavy atom. The molecule has 0 radical (unpaired) electrons. The Bertz CT molecular complexity index is 325. The van der Waals surface area contributed by atoms with Crippen LogP contribution in [0.15, 0.2) is 0 Å². The molecule has 1 amide bonds. The fraction of sp³-hybridized carbons (Fsp3) is 0.933. The molecule has 2 saturated heterocycles. The number of nitrogens with zero attached hydrogens (tertiary/aromatic N) is 1. The first-order valence-corrected chi connectivity index (χ1v) is 7.88. The second-order valence-electron chi connectivity index (χ2n) is 6.80. The van der Waals surface area contributed by atoms with Crippen molar-refractivity contribution < 1.29 is 9.90 Å². The molecular formula is C15H26N2O2. The molecule has 1 saturated carbocycles. The molecule has 2 atom stereocenters. The Labute approximate surface area is 115 Å². The Morgan fingerprint density at radius 1 is 1.05 bits per heavy atom. The van der Waals surface area contributed by atoms with Crippen LogP contribution in [0.4, 0.5) is 0 Å². The zero-order valence-corrected chi connectivity index (χ0v) is 11.6. The lowest BCUT2D eigenvalue weighted by Crippen LogP contribution is -2.48. The molecule has 2 aliphatic heterocycles. The van der Waals surface area contributed by atoms with E-state index in [1.807, 2.05) is 0 Å². The molecule has 0 aromatic carbocycles. The van der Waals surface area contributed by atoms with Gasteiger partial charge in [-0.25, -0.2) is 0 Å². The first-order valence-electron chi connectivity index (χ1n) is 7.88. The van der Waals surface area contributed by atoms with Gasteiger partial charge in [-0.1, -0.05) is 0 Å². The first-order chi connectivity index (χ1) is 9.13. The van der Waals surface area contributed by atoms with Crippen LogP contribution < -0.4 is 5.73 Å². The van der Waals surface area contributed by atoms with E-state index in [1.54, 1.807) is 0 Å². The van der Waals surface area contributed by atoms with Gasteiger partial charge in [-0.3, -0.25) is 4.79 Å². The normalized spacial score (nSPS) is 42.4. The van der Waals surface area contributed by atoms with Crippen LogP contribution in [0.3, 0.4) is 0 Å². The third-order valence-corrected chi connectivity index (χ3v) is 5.35. The number of piperidine rings is 1. The highest BCUT2D eigenvalue weighted by Gasteiger charge is 2.42. The third-order valence-electron chi connectivity index (χ3n) is 5.35. The standard InChI is InChI=1S/C15H26N2O2/c16-11-3-1-10(2-4-11)7-15(19)17-12-5-6-13(17)9-14(18)8-12/h10-14,18H,1-9,16H2. The van der Waals surface area contributed by atoms with Crippen LogP contribution in [0.2, 0.25) is 0 Å². The molecule has 108 valence electrons. The molecule has 4 nitrogen and oxygen atoms in total. The highest BCUT2D eigenvalue weighted by Crippen LogP contribution is 2.37. The van der Waals surface area contributed by atoms with Crippen LogP contribution in [0.5, 0.6) is 0 Å². The van der Waals surface area contributed by atoms with Gasteiger partial charge in [0.2, 0.25) is 5.91 Å². The Morgan fingerprint density at radius 3 is 2.21 bits per heavy atom. The number of fused-ring (bicyclic) bond motifs is 2. The molecule has 19 heavy (non-hydrogen) atoms. The van der Waals surface area contributed by atoms with Crippen molar-refractivity contribution in [3.63, 3.8) is 0 Å². The molecule has 4 heteroatoms. The van der Waals surface area contributed by atoms with Gasteiger partial charge in [-0.15, -0.1) is 0 Å². The van der Waals surface area contributed by atoms with Gasteiger partial charge in [0.25, 0.3) is 0 Å². The van der Waals surface area contributed by atoms with Crippen molar-refractivity contribution >= 4 is 5.91 Å². The van der Waals surface area contributed by atoms with Crippen LogP contribution in [-0.2, 0) is 4.79 Å². The van der Waals surface area contributed by atoms with Gasteiger partial charge in [0.1, 0.15) is 0 Å². The maximum absolute atomic E-state index is 12.5. The number of hydrogen-bond donors (Lipinski definition) is 2. The number of rotatable bonds is 2. The van der Waals surface area contributed by atoms with Gasteiger partial charge in [0.05, 0.1) is 6.10 Å². The number of aliphatic hydroxyl groups is 1. The van der Waals surface area contributed by atoms with Crippen molar-refractivity contribution in [1.82, 2.24) is 4.90 Å². The van der Waals surface area contributed by atoms with Crippen LogP contribution >= 0.6 is 0 Å². The molecule has 0 spiro atoms. The van der Waals surface area contributed by atoms with E-state index in [9.17, 15) is 9.90 Å². The molecule has 0 aromatic rings. The minimum Gasteiger partial charge on any atom is -0.393 e. The lowest BCUT2D eigenvalue weighted by atomic mass is 9.84. The Hall–Kier alpha value is -0.610. The topological polar surface area (TPSA) is 66.6 Å². The van der Waals surface area contributed by atoms with E-state index in [2.05, 4.69) is 4.90 Å². The van der Waals surface area contributed by atoms with E-state index in [-0.39, 0.29) is 6.10 Å². The SMILES string of the molecule is NC1CCC(CC(=O)N2C3CCC2CC(O)C3)CC1. The number of aliphatic hydroxyl groups excluding tert-OH is 1. The second kappa shape index (κ2) is 5.41. The van der Waals surface area contributed by atoms with Crippen LogP contribution in [0.25, 0.3) is 0 Å². The van der Waals surface area contributed by atoms with Crippen molar-refractivity contribution in [2.45, 2.75) is 82.0 Å². The summed E-state index contributed by atoms with van der Waals surface area (Å²) < 4.78 is 0. The quantitative estimate of drug-likeness (QED) is 0.794. The molecule has 3 rings (SSSR count). The molecule has 3 N–H and O–H groups in total. The van der Waals surface area contributed by atoms with Crippen LogP contribution in [-0.4, -0.2) is 40.1 Å². The summed E-state index contributed by atoms with van der Waals surface area (Å²) in [6.45, 7) is 0. The lowest BCUT2D eigenvalue weighted by molar-refractivity contribution is -0.138. The largest absolute Gasteiger partial charge is 0.393 e. The van der Waals surface area contributed by atoms with E-state index in [1.165, 1.54) is 0 Å². The fourth-order valence-corrected chi connectivity index (χ4v) is 4.30. The Kier molecular flexibility index (Phi) is 3.81. The van der Waals surface area contributed by atoms with Gasteiger partial charge in [0.15, 0.2) is 0 Å². The minimum atomic E-state index is -0.186. The molecular weight excluding hydrogens is 240 g/mol. The van der Waals surface area contributed by atoms with Gasteiger partial charge in [0, 0.05) is 24.5 Å².